The summed E-state index contributed by atoms with van der Waals surface area (Å²) in [5, 5.41) is 3.23. The van der Waals surface area contributed by atoms with Gasteiger partial charge in [-0.2, -0.15) is 0 Å². The molecular weight excluding hydrogens is 324 g/mol. The molecule has 0 aliphatic carbocycles. The quantitative estimate of drug-likeness (QED) is 0.893. The highest BCUT2D eigenvalue weighted by atomic mass is 35.5. The maximum Gasteiger partial charge on any atom is 0.248 e. The van der Waals surface area contributed by atoms with E-state index in [-0.39, 0.29) is 11.8 Å². The first kappa shape index (κ1) is 17.0. The van der Waals surface area contributed by atoms with Crippen LogP contribution in [0, 0.1) is 0 Å². The summed E-state index contributed by atoms with van der Waals surface area (Å²) in [7, 11) is 1.55. The van der Waals surface area contributed by atoms with Crippen LogP contribution in [-0.4, -0.2) is 41.5 Å². The molecule has 1 atom stereocenters. The molecule has 0 bridgehead atoms. The van der Waals surface area contributed by atoms with Crippen molar-refractivity contribution in [3.05, 3.63) is 23.2 Å². The van der Waals surface area contributed by atoms with Gasteiger partial charge in [0.05, 0.1) is 23.7 Å². The highest BCUT2D eigenvalue weighted by Gasteiger charge is 2.34. The molecule has 0 spiro atoms. The smallest absolute Gasteiger partial charge is 0.248 e. The zero-order valence-electron chi connectivity index (χ0n) is 12.6. The number of halogens is 1. The summed E-state index contributed by atoms with van der Waals surface area (Å²) in [6, 6.07) is 4.60. The second-order valence-electron chi connectivity index (χ2n) is 4.96. The fourth-order valence-electron chi connectivity index (χ4n) is 2.21. The normalized spacial score (nSPS) is 17.4. The number of nitrogens with one attached hydrogen (secondary N) is 1. The minimum absolute atomic E-state index is 0.0180. The molecule has 1 saturated heterocycles. The molecule has 1 aliphatic heterocycles. The van der Waals surface area contributed by atoms with E-state index in [4.69, 9.17) is 16.3 Å². The van der Waals surface area contributed by atoms with Crippen molar-refractivity contribution in [2.24, 2.45) is 0 Å². The lowest BCUT2D eigenvalue weighted by molar-refractivity contribution is -0.136. The van der Waals surface area contributed by atoms with E-state index in [1.807, 2.05) is 6.92 Å². The summed E-state index contributed by atoms with van der Waals surface area (Å²) < 4.78 is 5.13. The molecule has 5 nitrogen and oxygen atoms in total. The van der Waals surface area contributed by atoms with Crippen LogP contribution in [0.25, 0.3) is 0 Å². The standard InChI is InChI=1S/C15H19ClN2O3S/c1-3-4-14(19)18-9-22-8-13(18)15(20)17-12-7-10(21-2)5-6-11(12)16/h5-7,13H,3-4,8-9H2,1-2H3,(H,17,20)/t13-/m0/s1. The number of rotatable bonds is 5. The van der Waals surface area contributed by atoms with E-state index in [9.17, 15) is 9.59 Å². The third kappa shape index (κ3) is 3.87. The number of carbonyl (C=O) groups is 2. The number of carbonyl (C=O) groups excluding carboxylic acids is 2. The van der Waals surface area contributed by atoms with Crippen LogP contribution < -0.4 is 10.1 Å². The van der Waals surface area contributed by atoms with Crippen LogP contribution >= 0.6 is 23.4 Å². The summed E-state index contributed by atoms with van der Waals surface area (Å²) in [6.45, 7) is 1.95. The lowest BCUT2D eigenvalue weighted by Crippen LogP contribution is -2.44. The minimum Gasteiger partial charge on any atom is -0.497 e. The molecule has 1 heterocycles. The number of ether oxygens (including phenoxy) is 1. The fraction of sp³-hybridized carbons (Fsp3) is 0.467. The van der Waals surface area contributed by atoms with Gasteiger partial charge < -0.3 is 15.0 Å². The third-order valence-corrected chi connectivity index (χ3v) is 4.74. The molecule has 1 N–H and O–H groups in total. The number of amides is 2. The summed E-state index contributed by atoms with van der Waals surface area (Å²) in [5.41, 5.74) is 0.491. The average molecular weight is 343 g/mol. The van der Waals surface area contributed by atoms with Gasteiger partial charge in [0.15, 0.2) is 0 Å². The van der Waals surface area contributed by atoms with Crippen LogP contribution in [0.3, 0.4) is 0 Å². The van der Waals surface area contributed by atoms with Gasteiger partial charge in [-0.15, -0.1) is 11.8 Å². The summed E-state index contributed by atoms with van der Waals surface area (Å²) >= 11 is 7.68. The molecule has 0 unspecified atom stereocenters. The highest BCUT2D eigenvalue weighted by Crippen LogP contribution is 2.28. The van der Waals surface area contributed by atoms with Gasteiger partial charge >= 0.3 is 0 Å². The molecule has 0 saturated carbocycles. The number of thioether (sulfide) groups is 1. The molecule has 2 rings (SSSR count). The van der Waals surface area contributed by atoms with Crippen molar-refractivity contribution >= 4 is 40.9 Å². The summed E-state index contributed by atoms with van der Waals surface area (Å²) in [5.74, 6) is 1.57. The first-order valence-corrected chi connectivity index (χ1v) is 8.61. The fourth-order valence-corrected chi connectivity index (χ4v) is 3.55. The first-order valence-electron chi connectivity index (χ1n) is 7.08. The molecule has 1 fully saturated rings. The number of methoxy groups -OCH3 is 1. The predicted molar refractivity (Wildman–Crippen MR) is 89.5 cm³/mol. The largest absolute Gasteiger partial charge is 0.497 e. The summed E-state index contributed by atoms with van der Waals surface area (Å²) in [4.78, 5) is 26.2. The lowest BCUT2D eigenvalue weighted by Gasteiger charge is -2.23. The number of hydrogen-bond acceptors (Lipinski definition) is 4. The SMILES string of the molecule is CCCC(=O)N1CSC[C@H]1C(=O)Nc1cc(OC)ccc1Cl. The van der Waals surface area contributed by atoms with Crippen LogP contribution in [0.5, 0.6) is 5.75 Å². The van der Waals surface area contributed by atoms with Crippen LogP contribution in [0.4, 0.5) is 5.69 Å². The van der Waals surface area contributed by atoms with Gasteiger partial charge in [-0.3, -0.25) is 9.59 Å². The lowest BCUT2D eigenvalue weighted by atomic mass is 10.2. The van der Waals surface area contributed by atoms with E-state index in [0.717, 1.165) is 6.42 Å². The molecule has 1 aliphatic rings. The zero-order valence-corrected chi connectivity index (χ0v) is 14.2. The Labute approximate surface area is 139 Å². The van der Waals surface area contributed by atoms with Gasteiger partial charge in [0.25, 0.3) is 0 Å². The Morgan fingerprint density at radius 3 is 2.95 bits per heavy atom. The van der Waals surface area contributed by atoms with Gasteiger partial charge in [-0.25, -0.2) is 0 Å². The topological polar surface area (TPSA) is 58.6 Å². The van der Waals surface area contributed by atoms with Crippen LogP contribution in [0.1, 0.15) is 19.8 Å². The number of benzene rings is 1. The van der Waals surface area contributed by atoms with Gasteiger partial charge in [0.2, 0.25) is 11.8 Å². The van der Waals surface area contributed by atoms with E-state index >= 15 is 0 Å². The second-order valence-corrected chi connectivity index (χ2v) is 6.37. The molecule has 1 aromatic carbocycles. The van der Waals surface area contributed by atoms with Crippen molar-refractivity contribution in [1.82, 2.24) is 4.90 Å². The maximum atomic E-state index is 12.5. The number of nitrogens with zero attached hydrogens (tertiary/aromatic N) is 1. The van der Waals surface area contributed by atoms with Crippen LogP contribution in [0.2, 0.25) is 5.02 Å². The molecule has 2 amide bonds. The number of hydrogen-bond donors (Lipinski definition) is 1. The van der Waals surface area contributed by atoms with Gasteiger partial charge in [-0.05, 0) is 18.6 Å². The van der Waals surface area contributed by atoms with E-state index in [1.165, 1.54) is 0 Å². The molecule has 7 heteroatoms. The molecule has 120 valence electrons. The van der Waals surface area contributed by atoms with Crippen molar-refractivity contribution in [2.75, 3.05) is 24.1 Å². The zero-order chi connectivity index (χ0) is 16.1. The Bertz CT molecular complexity index is 568. The van der Waals surface area contributed by atoms with E-state index < -0.39 is 6.04 Å². The predicted octanol–water partition coefficient (Wildman–Crippen LogP) is 2.99. The van der Waals surface area contributed by atoms with E-state index in [1.54, 1.807) is 42.0 Å². The monoisotopic (exact) mass is 342 g/mol. The molecule has 22 heavy (non-hydrogen) atoms. The molecule has 0 radical (unpaired) electrons. The van der Waals surface area contributed by atoms with Crippen LogP contribution in [-0.2, 0) is 9.59 Å². The Morgan fingerprint density at radius 1 is 1.50 bits per heavy atom. The second kappa shape index (κ2) is 7.74. The van der Waals surface area contributed by atoms with Crippen molar-refractivity contribution in [3.8, 4) is 5.75 Å². The van der Waals surface area contributed by atoms with E-state index in [2.05, 4.69) is 5.32 Å². The Balaban J connectivity index is 2.09. The Hall–Kier alpha value is -1.40. The van der Waals surface area contributed by atoms with Gasteiger partial charge in [0, 0.05) is 18.2 Å². The number of anilines is 1. The van der Waals surface area contributed by atoms with Crippen molar-refractivity contribution in [2.45, 2.75) is 25.8 Å². The molecular formula is C15H19ClN2O3S. The van der Waals surface area contributed by atoms with Crippen molar-refractivity contribution in [1.29, 1.82) is 0 Å². The first-order chi connectivity index (χ1) is 10.6. The molecule has 0 aromatic heterocycles. The third-order valence-electron chi connectivity index (χ3n) is 3.40. The average Bonchev–Trinajstić information content (AvgIpc) is 2.99. The Kier molecular flexibility index (Phi) is 5.97. The van der Waals surface area contributed by atoms with Gasteiger partial charge in [-0.1, -0.05) is 18.5 Å². The van der Waals surface area contributed by atoms with Crippen molar-refractivity contribution < 1.29 is 14.3 Å². The summed E-state index contributed by atoms with van der Waals surface area (Å²) in [6.07, 6.45) is 1.24. The molecule has 1 aromatic rings. The Morgan fingerprint density at radius 2 is 2.27 bits per heavy atom. The maximum absolute atomic E-state index is 12.5. The van der Waals surface area contributed by atoms with Crippen LogP contribution in [0.15, 0.2) is 18.2 Å². The minimum atomic E-state index is -0.452. The van der Waals surface area contributed by atoms with Crippen molar-refractivity contribution in [3.63, 3.8) is 0 Å². The van der Waals surface area contributed by atoms with E-state index in [0.29, 0.717) is 34.5 Å². The highest BCUT2D eigenvalue weighted by molar-refractivity contribution is 7.99. The van der Waals surface area contributed by atoms with Gasteiger partial charge in [0.1, 0.15) is 11.8 Å².